The summed E-state index contributed by atoms with van der Waals surface area (Å²) >= 11 is 12.1. The summed E-state index contributed by atoms with van der Waals surface area (Å²) in [6, 6.07) is 13.9. The Balaban J connectivity index is 1.63. The van der Waals surface area contributed by atoms with Crippen LogP contribution < -0.4 is 5.32 Å². The third-order valence-electron chi connectivity index (χ3n) is 5.00. The molecule has 0 radical (unpaired) electrons. The molecule has 1 unspecified atom stereocenters. The van der Waals surface area contributed by atoms with E-state index >= 15 is 0 Å². The van der Waals surface area contributed by atoms with Gasteiger partial charge in [-0.3, -0.25) is 9.59 Å². The van der Waals surface area contributed by atoms with E-state index in [1.807, 2.05) is 6.07 Å². The van der Waals surface area contributed by atoms with Gasteiger partial charge in [-0.1, -0.05) is 53.5 Å². The van der Waals surface area contributed by atoms with E-state index in [0.717, 1.165) is 12.0 Å². The highest BCUT2D eigenvalue weighted by atomic mass is 35.5. The first-order valence-corrected chi connectivity index (χ1v) is 10.1. The number of hydrogen-bond donors (Lipinski definition) is 3. The largest absolute Gasteiger partial charge is 0.380 e. The number of likely N-dealkylation sites (tertiary alicyclic amines) is 1. The Morgan fingerprint density at radius 2 is 1.86 bits per heavy atom. The van der Waals surface area contributed by atoms with Crippen molar-refractivity contribution in [1.29, 1.82) is 0 Å². The van der Waals surface area contributed by atoms with Crippen LogP contribution in [0.25, 0.3) is 0 Å². The predicted octanol–water partition coefficient (Wildman–Crippen LogP) is 2.70. The van der Waals surface area contributed by atoms with Crippen molar-refractivity contribution >= 4 is 35.0 Å². The Labute approximate surface area is 179 Å². The summed E-state index contributed by atoms with van der Waals surface area (Å²) < 4.78 is 0. The molecular weight excluding hydrogens is 415 g/mol. The molecule has 0 saturated carbocycles. The highest BCUT2D eigenvalue weighted by molar-refractivity contribution is 6.31. The molecule has 3 rings (SSSR count). The van der Waals surface area contributed by atoms with E-state index in [1.54, 1.807) is 42.5 Å². The van der Waals surface area contributed by atoms with Gasteiger partial charge in [-0.15, -0.1) is 0 Å². The second-order valence-electron chi connectivity index (χ2n) is 6.94. The molecule has 2 aromatic rings. The van der Waals surface area contributed by atoms with Gasteiger partial charge in [-0.25, -0.2) is 0 Å². The van der Waals surface area contributed by atoms with E-state index in [9.17, 15) is 19.8 Å². The maximum Gasteiger partial charge on any atom is 0.255 e. The molecule has 6 nitrogen and oxygen atoms in total. The number of halogens is 2. The quantitative estimate of drug-likeness (QED) is 0.649. The van der Waals surface area contributed by atoms with E-state index in [1.165, 1.54) is 4.90 Å². The lowest BCUT2D eigenvalue weighted by atomic mass is 10.0. The van der Waals surface area contributed by atoms with Crippen LogP contribution in [0.2, 0.25) is 10.0 Å². The van der Waals surface area contributed by atoms with Crippen molar-refractivity contribution in [3.8, 4) is 0 Å². The molecule has 0 bridgehead atoms. The minimum absolute atomic E-state index is 0.0747. The van der Waals surface area contributed by atoms with Gasteiger partial charge >= 0.3 is 0 Å². The Morgan fingerprint density at radius 1 is 1.10 bits per heavy atom. The molecule has 1 aliphatic heterocycles. The first-order valence-electron chi connectivity index (χ1n) is 9.31. The van der Waals surface area contributed by atoms with Gasteiger partial charge in [0.1, 0.15) is 0 Å². The Morgan fingerprint density at radius 3 is 2.59 bits per heavy atom. The van der Waals surface area contributed by atoms with Crippen LogP contribution in [0.5, 0.6) is 0 Å². The van der Waals surface area contributed by atoms with Gasteiger partial charge in [0, 0.05) is 23.1 Å². The molecule has 8 heteroatoms. The summed E-state index contributed by atoms with van der Waals surface area (Å²) in [6.07, 6.45) is -2.27. The number of hydrogen-bond acceptors (Lipinski definition) is 4. The number of aliphatic hydroxyl groups is 2. The maximum atomic E-state index is 12.8. The number of nitrogens with one attached hydrogen (secondary N) is 1. The number of rotatable bonds is 6. The van der Waals surface area contributed by atoms with Crippen LogP contribution in [0.4, 0.5) is 0 Å². The third-order valence-corrected chi connectivity index (χ3v) is 5.60. The minimum Gasteiger partial charge on any atom is -0.380 e. The van der Waals surface area contributed by atoms with E-state index < -0.39 is 24.0 Å². The fraction of sp³-hybridized carbons (Fsp3) is 0.333. The molecule has 0 spiro atoms. The summed E-state index contributed by atoms with van der Waals surface area (Å²) in [5, 5.41) is 24.1. The van der Waals surface area contributed by atoms with Gasteiger partial charge in [0.05, 0.1) is 6.04 Å². The lowest BCUT2D eigenvalue weighted by Crippen LogP contribution is -2.50. The second kappa shape index (κ2) is 9.59. The van der Waals surface area contributed by atoms with Crippen molar-refractivity contribution in [1.82, 2.24) is 10.2 Å². The lowest BCUT2D eigenvalue weighted by molar-refractivity contribution is -0.153. The molecule has 1 aliphatic rings. The fourth-order valence-corrected chi connectivity index (χ4v) is 3.87. The van der Waals surface area contributed by atoms with E-state index in [-0.39, 0.29) is 12.6 Å². The molecule has 154 valence electrons. The highest BCUT2D eigenvalue weighted by Gasteiger charge is 2.38. The zero-order valence-electron chi connectivity index (χ0n) is 15.6. The Hall–Kier alpha value is -2.12. The normalized spacial score (nSPS) is 18.3. The number of benzene rings is 2. The average Bonchev–Trinajstić information content (AvgIpc) is 3.21. The number of carbonyl (C=O) groups excluding carboxylic acids is 2. The van der Waals surface area contributed by atoms with Crippen LogP contribution in [-0.4, -0.2) is 45.7 Å². The number of amides is 2. The summed E-state index contributed by atoms with van der Waals surface area (Å²) in [5.41, 5.74) is 1.52. The average molecular weight is 437 g/mol. The van der Waals surface area contributed by atoms with Crippen molar-refractivity contribution in [3.63, 3.8) is 0 Å². The van der Waals surface area contributed by atoms with Crippen molar-refractivity contribution in [2.75, 3.05) is 6.54 Å². The monoisotopic (exact) mass is 436 g/mol. The lowest BCUT2D eigenvalue weighted by Gasteiger charge is -2.28. The van der Waals surface area contributed by atoms with Crippen LogP contribution in [0.3, 0.4) is 0 Å². The summed E-state index contributed by atoms with van der Waals surface area (Å²) in [7, 11) is 0. The molecular formula is C21H22Cl2N2O4. The van der Waals surface area contributed by atoms with Gasteiger partial charge in [0.25, 0.3) is 11.8 Å². The smallest absolute Gasteiger partial charge is 0.255 e. The van der Waals surface area contributed by atoms with Gasteiger partial charge in [-0.2, -0.15) is 0 Å². The first kappa shape index (κ1) is 21.6. The third kappa shape index (κ3) is 5.08. The van der Waals surface area contributed by atoms with Crippen molar-refractivity contribution < 1.29 is 19.8 Å². The molecule has 2 aromatic carbocycles. The van der Waals surface area contributed by atoms with E-state index in [2.05, 4.69) is 5.32 Å². The summed E-state index contributed by atoms with van der Waals surface area (Å²) in [6.45, 7) is 0.506. The highest BCUT2D eigenvalue weighted by Crippen LogP contribution is 2.33. The number of nitrogens with zero attached hydrogens (tertiary/aromatic N) is 1. The van der Waals surface area contributed by atoms with Crippen LogP contribution in [0.15, 0.2) is 48.5 Å². The molecule has 3 N–H and O–H groups in total. The van der Waals surface area contributed by atoms with Crippen LogP contribution in [-0.2, 0) is 16.1 Å². The Bertz CT molecular complexity index is 892. The fourth-order valence-electron chi connectivity index (χ4n) is 3.47. The van der Waals surface area contributed by atoms with Crippen LogP contribution in [0, 0.1) is 0 Å². The molecule has 1 fully saturated rings. The van der Waals surface area contributed by atoms with Crippen LogP contribution in [0.1, 0.15) is 30.0 Å². The van der Waals surface area contributed by atoms with Gasteiger partial charge in [0.2, 0.25) is 0 Å². The van der Waals surface area contributed by atoms with Crippen molar-refractivity contribution in [2.45, 2.75) is 37.6 Å². The maximum absolute atomic E-state index is 12.8. The van der Waals surface area contributed by atoms with E-state index in [0.29, 0.717) is 28.6 Å². The van der Waals surface area contributed by atoms with E-state index in [4.69, 9.17) is 23.2 Å². The number of aliphatic hydroxyl groups excluding tert-OH is 2. The summed E-state index contributed by atoms with van der Waals surface area (Å²) in [5.74, 6) is -1.53. The van der Waals surface area contributed by atoms with Crippen molar-refractivity contribution in [3.05, 3.63) is 69.7 Å². The molecule has 1 heterocycles. The molecule has 29 heavy (non-hydrogen) atoms. The molecule has 2 amide bonds. The standard InChI is InChI=1S/C21H22Cl2N2O4/c22-15-7-3-6-13(11-15)17-9-4-10-25(17)21(29)19(27)18(26)20(28)24-12-14-5-1-2-8-16(14)23/h1-3,5-8,11,17-19,26-27H,4,9-10,12H2,(H,24,28)/t17?,18-,19-/m1/s1. The van der Waals surface area contributed by atoms with Gasteiger partial charge in [-0.05, 0) is 42.2 Å². The van der Waals surface area contributed by atoms with Crippen LogP contribution >= 0.6 is 23.2 Å². The first-order chi connectivity index (χ1) is 13.9. The second-order valence-corrected chi connectivity index (χ2v) is 7.79. The van der Waals surface area contributed by atoms with Crippen molar-refractivity contribution in [2.24, 2.45) is 0 Å². The molecule has 3 atom stereocenters. The molecule has 0 aromatic heterocycles. The molecule has 1 saturated heterocycles. The molecule has 0 aliphatic carbocycles. The van der Waals surface area contributed by atoms with Gasteiger partial charge < -0.3 is 20.4 Å². The van der Waals surface area contributed by atoms with Gasteiger partial charge in [0.15, 0.2) is 12.2 Å². The summed E-state index contributed by atoms with van der Waals surface area (Å²) in [4.78, 5) is 26.5. The minimum atomic E-state index is -1.88. The SMILES string of the molecule is O=C(NCc1ccccc1Cl)[C@H](O)[C@@H](O)C(=O)N1CCCC1c1cccc(Cl)c1. The zero-order valence-corrected chi connectivity index (χ0v) is 17.1. The zero-order chi connectivity index (χ0) is 21.0. The predicted molar refractivity (Wildman–Crippen MR) is 110 cm³/mol. The number of carbonyl (C=O) groups is 2. The topological polar surface area (TPSA) is 89.9 Å². The Kier molecular flexibility index (Phi) is 7.14.